The highest BCUT2D eigenvalue weighted by Crippen LogP contribution is 2.25. The Bertz CT molecular complexity index is 1170. The number of aryl methyl sites for hydroxylation is 2. The second kappa shape index (κ2) is 9.01. The minimum absolute atomic E-state index is 0.296. The van der Waals surface area contributed by atoms with Crippen molar-refractivity contribution in [3.63, 3.8) is 0 Å². The van der Waals surface area contributed by atoms with E-state index in [-0.39, 0.29) is 0 Å². The van der Waals surface area contributed by atoms with Gasteiger partial charge >= 0.3 is 16.1 Å². The van der Waals surface area contributed by atoms with Crippen molar-refractivity contribution in [3.8, 4) is 11.5 Å². The first-order valence-corrected chi connectivity index (χ1v) is 11.9. The van der Waals surface area contributed by atoms with Gasteiger partial charge < -0.3 is 19.0 Å². The third kappa shape index (κ3) is 6.01. The lowest BCUT2D eigenvalue weighted by atomic mass is 10.0. The zero-order valence-electron chi connectivity index (χ0n) is 17.8. The summed E-state index contributed by atoms with van der Waals surface area (Å²) < 4.78 is 33.2. The number of nitrogens with one attached hydrogen (secondary N) is 1. The molecule has 1 aromatic heterocycles. The van der Waals surface area contributed by atoms with E-state index in [1.807, 2.05) is 18.2 Å². The number of carboxylic acid groups (broad SMARTS) is 1. The second-order valence-corrected chi connectivity index (χ2v) is 9.40. The van der Waals surface area contributed by atoms with Gasteiger partial charge in [-0.3, -0.25) is 0 Å². The van der Waals surface area contributed by atoms with Gasteiger partial charge in [-0.15, -0.1) is 0 Å². The molecule has 0 aliphatic rings. The Hall–Kier alpha value is -3.00. The molecular formula is C23H27NO6S. The van der Waals surface area contributed by atoms with Crippen molar-refractivity contribution in [3.05, 3.63) is 59.8 Å². The number of H-pyrrole nitrogens is 1. The molecular weight excluding hydrogens is 418 g/mol. The summed E-state index contributed by atoms with van der Waals surface area (Å²) in [4.78, 5) is 14.7. The number of aromatic nitrogens is 1. The number of hydrogen-bond acceptors (Lipinski definition) is 5. The summed E-state index contributed by atoms with van der Waals surface area (Å²) in [6.45, 7) is 3.35. The molecule has 3 aromatic rings. The molecule has 0 bridgehead atoms. The van der Waals surface area contributed by atoms with Crippen LogP contribution in [0.1, 0.15) is 37.9 Å². The summed E-state index contributed by atoms with van der Waals surface area (Å²) in [6, 6.07) is 14.6. The summed E-state index contributed by atoms with van der Waals surface area (Å²) in [5.74, 6) is -0.143. The minimum Gasteiger partial charge on any atom is -0.478 e. The first-order valence-electron chi connectivity index (χ1n) is 10.1. The van der Waals surface area contributed by atoms with Crippen LogP contribution >= 0.6 is 0 Å². The standard InChI is InChI=1S/C23H27NO6S/c1-4-23(2,22(25)26)29-19-10-8-16(9-11-19)6-5-7-18-14-17-15-20(30-31(3,27)28)12-13-21(17)24-18/h8-15,24H,4-7H2,1-3H3,(H,25,26). The molecule has 0 aliphatic carbocycles. The summed E-state index contributed by atoms with van der Waals surface area (Å²) in [6.07, 6.45) is 4.01. The fourth-order valence-corrected chi connectivity index (χ4v) is 3.72. The van der Waals surface area contributed by atoms with Crippen molar-refractivity contribution >= 4 is 27.0 Å². The van der Waals surface area contributed by atoms with E-state index in [1.54, 1.807) is 44.2 Å². The van der Waals surface area contributed by atoms with E-state index in [2.05, 4.69) is 4.98 Å². The molecule has 0 aliphatic heterocycles. The number of carbonyl (C=O) groups is 1. The molecule has 3 rings (SSSR count). The van der Waals surface area contributed by atoms with Gasteiger partial charge in [0.25, 0.3) is 0 Å². The van der Waals surface area contributed by atoms with Crippen LogP contribution in [0.25, 0.3) is 10.9 Å². The Morgan fingerprint density at radius 2 is 1.74 bits per heavy atom. The van der Waals surface area contributed by atoms with Gasteiger partial charge in [0.15, 0.2) is 0 Å². The number of rotatable bonds is 10. The van der Waals surface area contributed by atoms with Gasteiger partial charge in [0.1, 0.15) is 11.5 Å². The number of aromatic amines is 1. The lowest BCUT2D eigenvalue weighted by molar-refractivity contribution is -0.154. The maximum absolute atomic E-state index is 11.4. The average Bonchev–Trinajstić information content (AvgIpc) is 3.09. The molecule has 7 nitrogen and oxygen atoms in total. The predicted molar refractivity (Wildman–Crippen MR) is 119 cm³/mol. The Morgan fingerprint density at radius 3 is 2.35 bits per heavy atom. The van der Waals surface area contributed by atoms with Crippen LogP contribution in [-0.4, -0.2) is 36.3 Å². The first kappa shape index (κ1) is 22.7. The molecule has 0 fully saturated rings. The van der Waals surface area contributed by atoms with Crippen molar-refractivity contribution < 1.29 is 27.2 Å². The van der Waals surface area contributed by atoms with E-state index >= 15 is 0 Å². The maximum Gasteiger partial charge on any atom is 0.347 e. The highest BCUT2D eigenvalue weighted by atomic mass is 32.2. The number of hydrogen-bond donors (Lipinski definition) is 2. The van der Waals surface area contributed by atoms with Gasteiger partial charge in [-0.05, 0) is 74.6 Å². The highest BCUT2D eigenvalue weighted by molar-refractivity contribution is 7.86. The predicted octanol–water partition coefficient (Wildman–Crippen LogP) is 4.31. The molecule has 0 saturated carbocycles. The fraction of sp³-hybridized carbons (Fsp3) is 0.348. The summed E-state index contributed by atoms with van der Waals surface area (Å²) in [5.41, 5.74) is 1.89. The van der Waals surface area contributed by atoms with Crippen LogP contribution in [0.3, 0.4) is 0 Å². The highest BCUT2D eigenvalue weighted by Gasteiger charge is 2.33. The number of carboxylic acids is 1. The molecule has 0 spiro atoms. The van der Waals surface area contributed by atoms with Crippen molar-refractivity contribution in [1.29, 1.82) is 0 Å². The molecule has 166 valence electrons. The SMILES string of the molecule is CCC(C)(Oc1ccc(CCCc2cc3cc(OS(C)(=O)=O)ccc3[nH]2)cc1)C(=O)O. The Labute approximate surface area is 182 Å². The molecule has 8 heteroatoms. The minimum atomic E-state index is -3.55. The number of aliphatic carboxylic acids is 1. The summed E-state index contributed by atoms with van der Waals surface area (Å²) in [7, 11) is -3.55. The molecule has 2 aromatic carbocycles. The van der Waals surface area contributed by atoms with Crippen LogP contribution in [0.5, 0.6) is 11.5 Å². The van der Waals surface area contributed by atoms with Crippen LogP contribution < -0.4 is 8.92 Å². The lowest BCUT2D eigenvalue weighted by Crippen LogP contribution is -2.40. The van der Waals surface area contributed by atoms with E-state index in [0.29, 0.717) is 17.9 Å². The van der Waals surface area contributed by atoms with Crippen molar-refractivity contribution in [2.45, 2.75) is 45.1 Å². The quantitative estimate of drug-likeness (QED) is 0.451. The molecule has 1 atom stereocenters. The van der Waals surface area contributed by atoms with Gasteiger partial charge in [-0.1, -0.05) is 19.1 Å². The fourth-order valence-electron chi connectivity index (χ4n) is 3.27. The molecule has 2 N–H and O–H groups in total. The molecule has 0 amide bonds. The molecule has 1 heterocycles. The zero-order valence-corrected chi connectivity index (χ0v) is 18.7. The second-order valence-electron chi connectivity index (χ2n) is 7.82. The van der Waals surface area contributed by atoms with Crippen molar-refractivity contribution in [2.75, 3.05) is 6.26 Å². The van der Waals surface area contributed by atoms with Crippen LogP contribution in [0.15, 0.2) is 48.5 Å². The van der Waals surface area contributed by atoms with Crippen molar-refractivity contribution in [2.24, 2.45) is 0 Å². The van der Waals surface area contributed by atoms with Gasteiger partial charge in [0.05, 0.1) is 6.26 Å². The zero-order chi connectivity index (χ0) is 22.6. The van der Waals surface area contributed by atoms with E-state index in [4.69, 9.17) is 8.92 Å². The Morgan fingerprint density at radius 1 is 1.06 bits per heavy atom. The normalized spacial score (nSPS) is 13.6. The number of ether oxygens (including phenoxy) is 1. The van der Waals surface area contributed by atoms with Gasteiger partial charge in [-0.2, -0.15) is 8.42 Å². The first-order chi connectivity index (χ1) is 14.6. The number of fused-ring (bicyclic) bond motifs is 1. The number of benzene rings is 2. The molecule has 31 heavy (non-hydrogen) atoms. The maximum atomic E-state index is 11.4. The lowest BCUT2D eigenvalue weighted by Gasteiger charge is -2.24. The van der Waals surface area contributed by atoms with Crippen LogP contribution in [0.2, 0.25) is 0 Å². The van der Waals surface area contributed by atoms with Gasteiger partial charge in [-0.25, -0.2) is 4.79 Å². The van der Waals surface area contributed by atoms with Gasteiger partial charge in [0, 0.05) is 16.6 Å². The van der Waals surface area contributed by atoms with Crippen LogP contribution in [-0.2, 0) is 27.8 Å². The molecule has 0 saturated heterocycles. The topological polar surface area (TPSA) is 106 Å². The largest absolute Gasteiger partial charge is 0.478 e. The average molecular weight is 446 g/mol. The third-order valence-corrected chi connectivity index (χ3v) is 5.70. The van der Waals surface area contributed by atoms with Crippen LogP contribution in [0.4, 0.5) is 0 Å². The van der Waals surface area contributed by atoms with Crippen LogP contribution in [0, 0.1) is 0 Å². The third-order valence-electron chi connectivity index (χ3n) is 5.20. The van der Waals surface area contributed by atoms with E-state index in [0.717, 1.165) is 47.7 Å². The summed E-state index contributed by atoms with van der Waals surface area (Å²) >= 11 is 0. The van der Waals surface area contributed by atoms with E-state index in [1.165, 1.54) is 0 Å². The van der Waals surface area contributed by atoms with Crippen molar-refractivity contribution in [1.82, 2.24) is 4.98 Å². The monoisotopic (exact) mass is 445 g/mol. The Balaban J connectivity index is 1.57. The molecule has 1 unspecified atom stereocenters. The molecule has 0 radical (unpaired) electrons. The van der Waals surface area contributed by atoms with E-state index < -0.39 is 21.7 Å². The van der Waals surface area contributed by atoms with Gasteiger partial charge in [0.2, 0.25) is 5.60 Å². The Kier molecular flexibility index (Phi) is 6.59. The smallest absolute Gasteiger partial charge is 0.347 e. The van der Waals surface area contributed by atoms with E-state index in [9.17, 15) is 18.3 Å². The summed E-state index contributed by atoms with van der Waals surface area (Å²) in [5, 5.41) is 10.2.